The van der Waals surface area contributed by atoms with E-state index in [-0.39, 0.29) is 5.97 Å². The number of methoxy groups -OCH3 is 1. The van der Waals surface area contributed by atoms with Crippen molar-refractivity contribution in [2.75, 3.05) is 17.7 Å². The van der Waals surface area contributed by atoms with Crippen LogP contribution in [0, 0.1) is 6.92 Å². The Labute approximate surface area is 152 Å². The highest BCUT2D eigenvalue weighted by molar-refractivity contribution is 5.89. The van der Waals surface area contributed by atoms with E-state index < -0.39 is 0 Å². The number of nitrogens with one attached hydrogen (secondary N) is 2. The van der Waals surface area contributed by atoms with Crippen LogP contribution in [-0.4, -0.2) is 23.0 Å². The summed E-state index contributed by atoms with van der Waals surface area (Å²) in [4.78, 5) is 20.3. The predicted molar refractivity (Wildman–Crippen MR) is 102 cm³/mol. The Morgan fingerprint density at radius 2 is 1.69 bits per heavy atom. The van der Waals surface area contributed by atoms with Gasteiger partial charge in [0.2, 0.25) is 0 Å². The highest BCUT2D eigenvalue weighted by atomic mass is 16.5. The van der Waals surface area contributed by atoms with E-state index in [0.717, 1.165) is 11.5 Å². The molecule has 132 valence electrons. The molecule has 2 aromatic carbocycles. The minimum absolute atomic E-state index is 0.359. The van der Waals surface area contributed by atoms with Crippen molar-refractivity contribution in [3.63, 3.8) is 0 Å². The minimum atomic E-state index is -0.359. The van der Waals surface area contributed by atoms with Gasteiger partial charge >= 0.3 is 5.97 Å². The molecule has 0 aliphatic heterocycles. The first kappa shape index (κ1) is 17.4. The molecule has 0 spiro atoms. The smallest absolute Gasteiger partial charge is 0.337 e. The maximum absolute atomic E-state index is 11.5. The monoisotopic (exact) mass is 348 g/mol. The number of esters is 1. The summed E-state index contributed by atoms with van der Waals surface area (Å²) in [6, 6.07) is 19.0. The van der Waals surface area contributed by atoms with E-state index in [4.69, 9.17) is 4.74 Å². The highest BCUT2D eigenvalue weighted by Gasteiger charge is 2.06. The molecule has 3 rings (SSSR count). The Balaban J connectivity index is 1.70. The first-order valence-corrected chi connectivity index (χ1v) is 8.23. The van der Waals surface area contributed by atoms with Gasteiger partial charge in [-0.1, -0.05) is 30.3 Å². The highest BCUT2D eigenvalue weighted by Crippen LogP contribution is 2.19. The Bertz CT molecular complexity index is 880. The van der Waals surface area contributed by atoms with Gasteiger partial charge in [-0.25, -0.2) is 14.8 Å². The summed E-state index contributed by atoms with van der Waals surface area (Å²) in [6.45, 7) is 2.53. The summed E-state index contributed by atoms with van der Waals surface area (Å²) >= 11 is 0. The fraction of sp³-hybridized carbons (Fsp3) is 0.150. The van der Waals surface area contributed by atoms with Gasteiger partial charge in [0.05, 0.1) is 12.7 Å². The molecule has 0 amide bonds. The number of hydrogen-bond donors (Lipinski definition) is 2. The van der Waals surface area contributed by atoms with Crippen LogP contribution in [0.15, 0.2) is 60.7 Å². The number of rotatable bonds is 6. The fourth-order valence-electron chi connectivity index (χ4n) is 2.47. The van der Waals surface area contributed by atoms with Crippen LogP contribution in [0.25, 0.3) is 0 Å². The normalized spacial score (nSPS) is 10.2. The minimum Gasteiger partial charge on any atom is -0.465 e. The zero-order valence-electron chi connectivity index (χ0n) is 14.7. The van der Waals surface area contributed by atoms with Gasteiger partial charge in [0.15, 0.2) is 0 Å². The van der Waals surface area contributed by atoms with E-state index in [0.29, 0.717) is 23.8 Å². The van der Waals surface area contributed by atoms with Crippen LogP contribution in [0.3, 0.4) is 0 Å². The van der Waals surface area contributed by atoms with Gasteiger partial charge in [0.1, 0.15) is 17.5 Å². The Morgan fingerprint density at radius 3 is 2.38 bits per heavy atom. The van der Waals surface area contributed by atoms with E-state index in [1.807, 2.05) is 31.2 Å². The van der Waals surface area contributed by atoms with E-state index >= 15 is 0 Å². The van der Waals surface area contributed by atoms with Gasteiger partial charge in [0, 0.05) is 18.3 Å². The molecular weight excluding hydrogens is 328 g/mol. The third-order valence-electron chi connectivity index (χ3n) is 3.73. The van der Waals surface area contributed by atoms with Crippen LogP contribution in [0.5, 0.6) is 0 Å². The molecule has 0 aliphatic carbocycles. The molecule has 6 heteroatoms. The third kappa shape index (κ3) is 4.57. The van der Waals surface area contributed by atoms with Crippen molar-refractivity contribution in [2.24, 2.45) is 0 Å². The maximum Gasteiger partial charge on any atom is 0.337 e. The second kappa shape index (κ2) is 8.11. The van der Waals surface area contributed by atoms with Crippen LogP contribution >= 0.6 is 0 Å². The van der Waals surface area contributed by atoms with Gasteiger partial charge < -0.3 is 15.4 Å². The second-order valence-corrected chi connectivity index (χ2v) is 5.72. The van der Waals surface area contributed by atoms with E-state index in [2.05, 4.69) is 32.7 Å². The number of aromatic nitrogens is 2. The third-order valence-corrected chi connectivity index (χ3v) is 3.73. The van der Waals surface area contributed by atoms with Crippen LogP contribution in [0.4, 0.5) is 17.3 Å². The number of aryl methyl sites for hydroxylation is 1. The quantitative estimate of drug-likeness (QED) is 0.658. The number of carbonyl (C=O) groups is 1. The molecule has 0 saturated heterocycles. The first-order chi connectivity index (χ1) is 12.6. The molecule has 0 atom stereocenters. The van der Waals surface area contributed by atoms with Crippen LogP contribution in [0.2, 0.25) is 0 Å². The van der Waals surface area contributed by atoms with Crippen molar-refractivity contribution in [3.05, 3.63) is 77.6 Å². The Morgan fingerprint density at radius 1 is 1.00 bits per heavy atom. The van der Waals surface area contributed by atoms with Gasteiger partial charge in [-0.2, -0.15) is 0 Å². The van der Waals surface area contributed by atoms with Gasteiger partial charge in [-0.3, -0.25) is 0 Å². The molecule has 0 radical (unpaired) electrons. The van der Waals surface area contributed by atoms with Crippen molar-refractivity contribution >= 4 is 23.3 Å². The molecule has 0 bridgehead atoms. The van der Waals surface area contributed by atoms with E-state index in [1.54, 1.807) is 24.3 Å². The van der Waals surface area contributed by atoms with E-state index in [1.165, 1.54) is 12.7 Å². The lowest BCUT2D eigenvalue weighted by Gasteiger charge is -2.11. The number of ether oxygens (including phenoxy) is 1. The van der Waals surface area contributed by atoms with E-state index in [9.17, 15) is 4.79 Å². The Kier molecular flexibility index (Phi) is 5.43. The van der Waals surface area contributed by atoms with Crippen molar-refractivity contribution in [3.8, 4) is 0 Å². The SMILES string of the molecule is COC(=O)c1ccc(Nc2cc(NCc3ccccc3)nc(C)n2)cc1. The molecular formula is C20H20N4O2. The number of benzene rings is 2. The van der Waals surface area contributed by atoms with Crippen molar-refractivity contribution < 1.29 is 9.53 Å². The second-order valence-electron chi connectivity index (χ2n) is 5.72. The molecule has 0 fully saturated rings. The summed E-state index contributed by atoms with van der Waals surface area (Å²) in [7, 11) is 1.36. The average Bonchev–Trinajstić information content (AvgIpc) is 2.67. The zero-order valence-corrected chi connectivity index (χ0v) is 14.7. The molecule has 1 aromatic heterocycles. The fourth-order valence-corrected chi connectivity index (χ4v) is 2.47. The van der Waals surface area contributed by atoms with Gasteiger partial charge in [0.25, 0.3) is 0 Å². The molecule has 1 heterocycles. The number of hydrogen-bond acceptors (Lipinski definition) is 6. The number of nitrogens with zero attached hydrogens (tertiary/aromatic N) is 2. The molecule has 2 N–H and O–H groups in total. The summed E-state index contributed by atoms with van der Waals surface area (Å²) in [5.74, 6) is 1.73. The summed E-state index contributed by atoms with van der Waals surface area (Å²) in [5.41, 5.74) is 2.50. The van der Waals surface area contributed by atoms with Crippen LogP contribution < -0.4 is 10.6 Å². The van der Waals surface area contributed by atoms with Crippen molar-refractivity contribution in [2.45, 2.75) is 13.5 Å². The number of carbonyl (C=O) groups excluding carboxylic acids is 1. The lowest BCUT2D eigenvalue weighted by molar-refractivity contribution is 0.0601. The molecule has 0 saturated carbocycles. The predicted octanol–water partition coefficient (Wildman–Crippen LogP) is 3.93. The topological polar surface area (TPSA) is 76.1 Å². The van der Waals surface area contributed by atoms with Crippen molar-refractivity contribution in [1.29, 1.82) is 0 Å². The van der Waals surface area contributed by atoms with Crippen LogP contribution in [0.1, 0.15) is 21.7 Å². The molecule has 26 heavy (non-hydrogen) atoms. The summed E-state index contributed by atoms with van der Waals surface area (Å²) < 4.78 is 4.70. The summed E-state index contributed by atoms with van der Waals surface area (Å²) in [5, 5.41) is 6.53. The molecule has 0 aliphatic rings. The molecule has 6 nitrogen and oxygen atoms in total. The summed E-state index contributed by atoms with van der Waals surface area (Å²) in [6.07, 6.45) is 0. The standard InChI is InChI=1S/C20H20N4O2/c1-14-22-18(21-13-15-6-4-3-5-7-15)12-19(23-14)24-17-10-8-16(9-11-17)20(25)26-2/h3-12H,13H2,1-2H3,(H2,21,22,23,24). The lowest BCUT2D eigenvalue weighted by Crippen LogP contribution is -2.05. The molecule has 0 unspecified atom stereocenters. The largest absolute Gasteiger partial charge is 0.465 e. The van der Waals surface area contributed by atoms with Gasteiger partial charge in [-0.15, -0.1) is 0 Å². The number of anilines is 3. The molecule has 3 aromatic rings. The maximum atomic E-state index is 11.5. The van der Waals surface area contributed by atoms with Crippen molar-refractivity contribution in [1.82, 2.24) is 9.97 Å². The van der Waals surface area contributed by atoms with Gasteiger partial charge in [-0.05, 0) is 36.8 Å². The average molecular weight is 348 g/mol. The first-order valence-electron chi connectivity index (χ1n) is 8.23. The van der Waals surface area contributed by atoms with Crippen LogP contribution in [-0.2, 0) is 11.3 Å². The Hall–Kier alpha value is -3.41. The lowest BCUT2D eigenvalue weighted by atomic mass is 10.2. The zero-order chi connectivity index (χ0) is 18.4.